The Kier molecular flexibility index (Phi) is 5.90. The van der Waals surface area contributed by atoms with Crippen LogP contribution in [0.15, 0.2) is 18.2 Å². The second-order valence-electron chi connectivity index (χ2n) is 8.18. The van der Waals surface area contributed by atoms with Crippen LogP contribution in [0.3, 0.4) is 0 Å². The van der Waals surface area contributed by atoms with Crippen LogP contribution < -0.4 is 4.90 Å². The van der Waals surface area contributed by atoms with Crippen molar-refractivity contribution >= 4 is 17.3 Å². The molecule has 2 aliphatic heterocycles. The first-order valence-electron chi connectivity index (χ1n) is 10.3. The summed E-state index contributed by atoms with van der Waals surface area (Å²) in [7, 11) is 1.96. The number of hydrogen-bond acceptors (Lipinski definition) is 5. The minimum absolute atomic E-state index is 0.0541. The summed E-state index contributed by atoms with van der Waals surface area (Å²) in [5.74, 6) is 2.07. The SMILES string of the molecule is Cc1ccc(N2CCC(N3CCCC(c4nnc(CO)n4C)C3)CC2)cc1Cl. The van der Waals surface area contributed by atoms with Crippen molar-refractivity contribution in [3.05, 3.63) is 40.4 Å². The van der Waals surface area contributed by atoms with E-state index in [4.69, 9.17) is 11.6 Å². The van der Waals surface area contributed by atoms with Crippen LogP contribution in [0.1, 0.15) is 48.8 Å². The van der Waals surface area contributed by atoms with E-state index in [1.165, 1.54) is 31.5 Å². The molecule has 2 fully saturated rings. The fourth-order valence-electron chi connectivity index (χ4n) is 4.69. The first kappa shape index (κ1) is 19.7. The van der Waals surface area contributed by atoms with E-state index in [1.54, 1.807) is 0 Å². The molecule has 1 atom stereocenters. The van der Waals surface area contributed by atoms with E-state index in [-0.39, 0.29) is 6.61 Å². The lowest BCUT2D eigenvalue weighted by Gasteiger charge is -2.42. The third-order valence-electron chi connectivity index (χ3n) is 6.46. The number of likely N-dealkylation sites (tertiary alicyclic amines) is 1. The zero-order valence-corrected chi connectivity index (χ0v) is 17.6. The molecule has 1 aromatic heterocycles. The minimum atomic E-state index is -0.0541. The van der Waals surface area contributed by atoms with Crippen LogP contribution in [0.4, 0.5) is 5.69 Å². The van der Waals surface area contributed by atoms with Gasteiger partial charge in [-0.25, -0.2) is 0 Å². The van der Waals surface area contributed by atoms with E-state index in [9.17, 15) is 5.11 Å². The lowest BCUT2D eigenvalue weighted by molar-refractivity contribution is 0.125. The molecule has 4 rings (SSSR count). The highest BCUT2D eigenvalue weighted by molar-refractivity contribution is 6.31. The molecule has 2 aliphatic rings. The lowest BCUT2D eigenvalue weighted by Crippen LogP contribution is -2.48. The Hall–Kier alpha value is -1.63. The maximum Gasteiger partial charge on any atom is 0.158 e. The van der Waals surface area contributed by atoms with E-state index >= 15 is 0 Å². The normalized spacial score (nSPS) is 22.0. The summed E-state index contributed by atoms with van der Waals surface area (Å²) in [4.78, 5) is 5.11. The molecule has 2 aromatic rings. The molecule has 0 amide bonds. The number of hydrogen-bond donors (Lipinski definition) is 1. The van der Waals surface area contributed by atoms with Gasteiger partial charge in [-0.3, -0.25) is 4.90 Å². The van der Waals surface area contributed by atoms with Crippen LogP contribution in [0.5, 0.6) is 0 Å². The van der Waals surface area contributed by atoms with Crippen LogP contribution >= 0.6 is 11.6 Å². The number of aliphatic hydroxyl groups is 1. The summed E-state index contributed by atoms with van der Waals surface area (Å²) < 4.78 is 1.97. The van der Waals surface area contributed by atoms with Crippen molar-refractivity contribution in [3.8, 4) is 0 Å². The zero-order valence-electron chi connectivity index (χ0n) is 16.8. The number of aromatic nitrogens is 3. The molecule has 6 nitrogen and oxygen atoms in total. The van der Waals surface area contributed by atoms with Gasteiger partial charge in [0, 0.05) is 49.4 Å². The second kappa shape index (κ2) is 8.39. The number of halogens is 1. The third kappa shape index (κ3) is 3.91. The molecule has 7 heteroatoms. The van der Waals surface area contributed by atoms with E-state index in [0.29, 0.717) is 17.8 Å². The first-order valence-corrected chi connectivity index (χ1v) is 10.7. The summed E-state index contributed by atoms with van der Waals surface area (Å²) >= 11 is 6.32. The van der Waals surface area contributed by atoms with Crippen LogP contribution in [0.25, 0.3) is 0 Å². The van der Waals surface area contributed by atoms with Gasteiger partial charge in [-0.05, 0) is 56.8 Å². The van der Waals surface area contributed by atoms with Crippen LogP contribution in [-0.4, -0.2) is 57.0 Å². The average Bonchev–Trinajstić information content (AvgIpc) is 3.11. The predicted molar refractivity (Wildman–Crippen MR) is 112 cm³/mol. The number of anilines is 1. The fraction of sp³-hybridized carbons (Fsp3) is 0.619. The number of piperidine rings is 2. The molecule has 0 bridgehead atoms. The van der Waals surface area contributed by atoms with Gasteiger partial charge in [0.25, 0.3) is 0 Å². The van der Waals surface area contributed by atoms with Crippen molar-refractivity contribution in [3.63, 3.8) is 0 Å². The predicted octanol–water partition coefficient (Wildman–Crippen LogP) is 3.12. The topological polar surface area (TPSA) is 57.4 Å². The quantitative estimate of drug-likeness (QED) is 0.849. The van der Waals surface area contributed by atoms with Gasteiger partial charge in [0.15, 0.2) is 5.82 Å². The number of nitrogens with zero attached hydrogens (tertiary/aromatic N) is 5. The molecule has 2 saturated heterocycles. The summed E-state index contributed by atoms with van der Waals surface area (Å²) in [6.07, 6.45) is 4.70. The van der Waals surface area contributed by atoms with Gasteiger partial charge in [-0.2, -0.15) is 0 Å². The standard InChI is InChI=1S/C21H30ClN5O/c1-15-5-6-18(12-19(15)22)26-10-7-17(8-11-26)27-9-3-4-16(13-27)21-24-23-20(14-28)25(21)2/h5-6,12,16-17,28H,3-4,7-11,13-14H2,1-2H3. The van der Waals surface area contributed by atoms with Gasteiger partial charge >= 0.3 is 0 Å². The molecule has 1 aromatic carbocycles. The number of aliphatic hydroxyl groups excluding tert-OH is 1. The van der Waals surface area contributed by atoms with E-state index in [0.717, 1.165) is 42.5 Å². The first-order chi connectivity index (χ1) is 13.6. The molecule has 3 heterocycles. The van der Waals surface area contributed by atoms with Crippen molar-refractivity contribution in [2.24, 2.45) is 7.05 Å². The van der Waals surface area contributed by atoms with Gasteiger partial charge < -0.3 is 14.6 Å². The van der Waals surface area contributed by atoms with Crippen molar-refractivity contribution in [2.75, 3.05) is 31.1 Å². The Morgan fingerprint density at radius 3 is 2.61 bits per heavy atom. The monoisotopic (exact) mass is 403 g/mol. The zero-order chi connectivity index (χ0) is 19.7. The third-order valence-corrected chi connectivity index (χ3v) is 6.87. The van der Waals surface area contributed by atoms with Gasteiger partial charge in [0.05, 0.1) is 0 Å². The molecular weight excluding hydrogens is 374 g/mol. The van der Waals surface area contributed by atoms with E-state index < -0.39 is 0 Å². The summed E-state index contributed by atoms with van der Waals surface area (Å²) in [6.45, 7) is 6.35. The molecule has 0 radical (unpaired) electrons. The molecule has 152 valence electrons. The Balaban J connectivity index is 1.37. The fourth-order valence-corrected chi connectivity index (χ4v) is 4.86. The lowest BCUT2D eigenvalue weighted by atomic mass is 9.93. The van der Waals surface area contributed by atoms with Crippen molar-refractivity contribution in [2.45, 2.75) is 51.2 Å². The summed E-state index contributed by atoms with van der Waals surface area (Å²) in [6, 6.07) is 7.03. The average molecular weight is 404 g/mol. The summed E-state index contributed by atoms with van der Waals surface area (Å²) in [5, 5.41) is 18.7. The van der Waals surface area contributed by atoms with E-state index in [1.807, 2.05) is 18.5 Å². The largest absolute Gasteiger partial charge is 0.388 e. The smallest absolute Gasteiger partial charge is 0.158 e. The van der Waals surface area contributed by atoms with Gasteiger partial charge in [0.1, 0.15) is 12.4 Å². The van der Waals surface area contributed by atoms with Crippen molar-refractivity contribution < 1.29 is 5.11 Å². The highest BCUT2D eigenvalue weighted by atomic mass is 35.5. The molecule has 0 spiro atoms. The highest BCUT2D eigenvalue weighted by Crippen LogP contribution is 2.31. The molecule has 0 aliphatic carbocycles. The van der Waals surface area contributed by atoms with Crippen LogP contribution in [0.2, 0.25) is 5.02 Å². The molecule has 0 saturated carbocycles. The Labute approximate surface area is 172 Å². The highest BCUT2D eigenvalue weighted by Gasteiger charge is 2.31. The van der Waals surface area contributed by atoms with Crippen molar-refractivity contribution in [1.82, 2.24) is 19.7 Å². The molecule has 28 heavy (non-hydrogen) atoms. The number of benzene rings is 1. The Morgan fingerprint density at radius 1 is 1.14 bits per heavy atom. The van der Waals surface area contributed by atoms with Gasteiger partial charge in [-0.15, -0.1) is 10.2 Å². The summed E-state index contributed by atoms with van der Waals surface area (Å²) in [5.41, 5.74) is 2.37. The molecule has 1 N–H and O–H groups in total. The van der Waals surface area contributed by atoms with E-state index in [2.05, 4.69) is 38.2 Å². The Bertz CT molecular complexity index is 815. The second-order valence-corrected chi connectivity index (χ2v) is 8.58. The van der Waals surface area contributed by atoms with Crippen LogP contribution in [-0.2, 0) is 13.7 Å². The Morgan fingerprint density at radius 2 is 1.93 bits per heavy atom. The van der Waals surface area contributed by atoms with Crippen molar-refractivity contribution in [1.29, 1.82) is 0 Å². The van der Waals surface area contributed by atoms with Gasteiger partial charge in [-0.1, -0.05) is 17.7 Å². The maximum atomic E-state index is 9.39. The number of rotatable bonds is 4. The number of aryl methyl sites for hydroxylation is 1. The molecular formula is C21H30ClN5O. The minimum Gasteiger partial charge on any atom is -0.388 e. The van der Waals surface area contributed by atoms with Gasteiger partial charge in [0.2, 0.25) is 0 Å². The van der Waals surface area contributed by atoms with Crippen LogP contribution in [0, 0.1) is 6.92 Å². The molecule has 1 unspecified atom stereocenters. The maximum absolute atomic E-state index is 9.39.